The molecule has 0 saturated heterocycles. The predicted octanol–water partition coefficient (Wildman–Crippen LogP) is 2.62. The molecule has 3 unspecified atom stereocenters. The summed E-state index contributed by atoms with van der Waals surface area (Å²) >= 11 is 0. The first kappa shape index (κ1) is 18.0. The van der Waals surface area contributed by atoms with Gasteiger partial charge in [0.15, 0.2) is 0 Å². The van der Waals surface area contributed by atoms with Crippen LogP contribution in [0.4, 0.5) is 0 Å². The highest BCUT2D eigenvalue weighted by molar-refractivity contribution is 5.97. The Labute approximate surface area is 152 Å². The van der Waals surface area contributed by atoms with Gasteiger partial charge in [-0.25, -0.2) is 4.79 Å². The summed E-state index contributed by atoms with van der Waals surface area (Å²) in [6.07, 6.45) is 0. The van der Waals surface area contributed by atoms with E-state index in [4.69, 9.17) is 14.2 Å². The molecule has 1 aliphatic carbocycles. The fourth-order valence-electron chi connectivity index (χ4n) is 4.46. The van der Waals surface area contributed by atoms with E-state index in [1.807, 2.05) is 25.1 Å². The summed E-state index contributed by atoms with van der Waals surface area (Å²) in [6, 6.07) is 5.65. The third kappa shape index (κ3) is 2.11. The van der Waals surface area contributed by atoms with Crippen molar-refractivity contribution in [1.29, 1.82) is 0 Å². The lowest BCUT2D eigenvalue weighted by molar-refractivity contribution is -0.152. The Balaban J connectivity index is 2.38. The largest absolute Gasteiger partial charge is 0.497 e. The van der Waals surface area contributed by atoms with Gasteiger partial charge in [-0.05, 0) is 30.2 Å². The highest BCUT2D eigenvalue weighted by Crippen LogP contribution is 2.63. The molecular formula is C20H23NO5. The Morgan fingerprint density at radius 2 is 1.85 bits per heavy atom. The van der Waals surface area contributed by atoms with Crippen molar-refractivity contribution in [3.63, 3.8) is 0 Å². The smallest absolute Gasteiger partial charge is 0.336 e. The van der Waals surface area contributed by atoms with Crippen LogP contribution in [0.1, 0.15) is 36.8 Å². The number of hydrogen-bond donors (Lipinski definition) is 1. The molecule has 3 atom stereocenters. The molecule has 138 valence electrons. The Bertz CT molecular complexity index is 841. The monoisotopic (exact) mass is 357 g/mol. The molecular weight excluding hydrogens is 334 g/mol. The number of benzene rings is 1. The van der Waals surface area contributed by atoms with Gasteiger partial charge in [0.2, 0.25) is 0 Å². The summed E-state index contributed by atoms with van der Waals surface area (Å²) in [4.78, 5) is 25.7. The normalized spacial score (nSPS) is 26.6. The summed E-state index contributed by atoms with van der Waals surface area (Å²) in [5, 5.41) is 3.12. The number of carbonyl (C=O) groups excluding carboxylic acids is 2. The van der Waals surface area contributed by atoms with Crippen LogP contribution in [-0.2, 0) is 19.1 Å². The highest BCUT2D eigenvalue weighted by atomic mass is 16.5. The van der Waals surface area contributed by atoms with Gasteiger partial charge in [-0.15, -0.1) is 0 Å². The molecule has 1 aliphatic heterocycles. The molecule has 6 heteroatoms. The molecule has 0 amide bonds. The van der Waals surface area contributed by atoms with Crippen molar-refractivity contribution in [2.75, 3.05) is 21.3 Å². The van der Waals surface area contributed by atoms with Crippen LogP contribution in [0, 0.1) is 5.41 Å². The average molecular weight is 357 g/mol. The summed E-state index contributed by atoms with van der Waals surface area (Å²) in [6.45, 7) is 7.84. The van der Waals surface area contributed by atoms with Crippen LogP contribution in [0.5, 0.6) is 5.75 Å². The topological polar surface area (TPSA) is 73.9 Å². The molecule has 0 fully saturated rings. The first-order chi connectivity index (χ1) is 12.3. The zero-order valence-corrected chi connectivity index (χ0v) is 15.6. The van der Waals surface area contributed by atoms with E-state index in [9.17, 15) is 9.59 Å². The van der Waals surface area contributed by atoms with Crippen molar-refractivity contribution in [3.8, 4) is 5.75 Å². The highest BCUT2D eigenvalue weighted by Gasteiger charge is 2.63. The summed E-state index contributed by atoms with van der Waals surface area (Å²) in [5.74, 6) is -1.06. The van der Waals surface area contributed by atoms with Gasteiger partial charge in [0.05, 0.1) is 26.9 Å². The number of ether oxygens (including phenoxy) is 3. The number of rotatable bonds is 3. The van der Waals surface area contributed by atoms with E-state index >= 15 is 0 Å². The number of nitrogens with one attached hydrogen (secondary N) is 1. The summed E-state index contributed by atoms with van der Waals surface area (Å²) in [7, 11) is 4.26. The molecule has 26 heavy (non-hydrogen) atoms. The molecule has 3 rings (SSSR count). The zero-order chi connectivity index (χ0) is 19.2. The molecule has 0 bridgehead atoms. The third-order valence-electron chi connectivity index (χ3n) is 5.67. The van der Waals surface area contributed by atoms with E-state index in [1.165, 1.54) is 14.2 Å². The maximum absolute atomic E-state index is 13.0. The Kier molecular flexibility index (Phi) is 4.30. The van der Waals surface area contributed by atoms with E-state index in [-0.39, 0.29) is 5.92 Å². The lowest BCUT2D eigenvalue weighted by Crippen LogP contribution is -2.49. The Morgan fingerprint density at radius 3 is 2.42 bits per heavy atom. The van der Waals surface area contributed by atoms with Crippen LogP contribution in [0.2, 0.25) is 0 Å². The zero-order valence-electron chi connectivity index (χ0n) is 15.6. The van der Waals surface area contributed by atoms with Crippen LogP contribution in [-0.4, -0.2) is 33.3 Å². The van der Waals surface area contributed by atoms with Crippen molar-refractivity contribution in [3.05, 3.63) is 52.9 Å². The molecule has 6 nitrogen and oxygen atoms in total. The first-order valence-corrected chi connectivity index (χ1v) is 8.36. The quantitative estimate of drug-likeness (QED) is 0.839. The molecule has 1 aromatic carbocycles. The van der Waals surface area contributed by atoms with Crippen LogP contribution < -0.4 is 10.1 Å². The maximum Gasteiger partial charge on any atom is 0.336 e. The van der Waals surface area contributed by atoms with E-state index in [1.54, 1.807) is 14.0 Å². The molecule has 0 aromatic heterocycles. The van der Waals surface area contributed by atoms with E-state index < -0.39 is 23.3 Å². The molecule has 1 heterocycles. The Morgan fingerprint density at radius 1 is 1.15 bits per heavy atom. The second-order valence-electron chi connectivity index (χ2n) is 6.64. The van der Waals surface area contributed by atoms with Gasteiger partial charge in [0.1, 0.15) is 11.2 Å². The van der Waals surface area contributed by atoms with Gasteiger partial charge >= 0.3 is 11.9 Å². The second kappa shape index (κ2) is 6.20. The average Bonchev–Trinajstić information content (AvgIpc) is 2.90. The maximum atomic E-state index is 13.0. The van der Waals surface area contributed by atoms with Crippen molar-refractivity contribution >= 4 is 11.9 Å². The lowest BCUT2D eigenvalue weighted by Gasteiger charge is -2.43. The fraction of sp³-hybridized carbons (Fsp3) is 0.400. The van der Waals surface area contributed by atoms with Gasteiger partial charge in [0, 0.05) is 23.2 Å². The molecule has 0 saturated carbocycles. The van der Waals surface area contributed by atoms with Gasteiger partial charge in [-0.2, -0.15) is 0 Å². The van der Waals surface area contributed by atoms with Crippen molar-refractivity contribution in [1.82, 2.24) is 5.32 Å². The Hall–Kier alpha value is -2.76. The molecule has 1 N–H and O–H groups in total. The summed E-state index contributed by atoms with van der Waals surface area (Å²) < 4.78 is 15.6. The molecule has 1 aromatic rings. The first-order valence-electron chi connectivity index (χ1n) is 8.36. The number of carbonyl (C=O) groups is 2. The van der Waals surface area contributed by atoms with Crippen LogP contribution in [0.3, 0.4) is 0 Å². The molecule has 0 radical (unpaired) electrons. The van der Waals surface area contributed by atoms with Crippen LogP contribution >= 0.6 is 0 Å². The van der Waals surface area contributed by atoms with Crippen molar-refractivity contribution in [2.24, 2.45) is 5.41 Å². The SMILES string of the molecule is C=C1NC(C)=C(C(=O)OC)C2c3cc(OC)ccc3C(C)C12C(=O)OC. The van der Waals surface area contributed by atoms with Crippen molar-refractivity contribution < 1.29 is 23.8 Å². The molecule has 0 spiro atoms. The number of methoxy groups -OCH3 is 3. The van der Waals surface area contributed by atoms with Gasteiger partial charge in [-0.3, -0.25) is 4.79 Å². The second-order valence-corrected chi connectivity index (χ2v) is 6.64. The number of fused-ring (bicyclic) bond motifs is 3. The summed E-state index contributed by atoms with van der Waals surface area (Å²) in [5.41, 5.74) is 2.22. The minimum Gasteiger partial charge on any atom is -0.497 e. The van der Waals surface area contributed by atoms with Gasteiger partial charge < -0.3 is 19.5 Å². The lowest BCUT2D eigenvalue weighted by atomic mass is 9.64. The van der Waals surface area contributed by atoms with E-state index in [0.717, 1.165) is 11.1 Å². The minimum absolute atomic E-state index is 0.242. The van der Waals surface area contributed by atoms with Crippen LogP contribution in [0.15, 0.2) is 41.7 Å². The standard InChI is InChI=1S/C20H23NO5/c1-10-14-8-7-13(24-4)9-15(14)17-16(18(22)25-5)11(2)21-12(3)20(10,17)19(23)26-6/h7-10,17,21H,3H2,1-2,4-6H3. The number of hydrogen-bond acceptors (Lipinski definition) is 6. The number of esters is 2. The minimum atomic E-state index is -1.13. The van der Waals surface area contributed by atoms with Crippen LogP contribution in [0.25, 0.3) is 0 Å². The van der Waals surface area contributed by atoms with Crippen molar-refractivity contribution in [2.45, 2.75) is 25.7 Å². The van der Waals surface area contributed by atoms with Gasteiger partial charge in [-0.1, -0.05) is 19.6 Å². The van der Waals surface area contributed by atoms with E-state index in [0.29, 0.717) is 22.7 Å². The van der Waals surface area contributed by atoms with Gasteiger partial charge in [0.25, 0.3) is 0 Å². The van der Waals surface area contributed by atoms with E-state index in [2.05, 4.69) is 11.9 Å². The number of allylic oxidation sites excluding steroid dienone is 1. The predicted molar refractivity (Wildman–Crippen MR) is 95.6 cm³/mol. The fourth-order valence-corrected chi connectivity index (χ4v) is 4.46. The third-order valence-corrected chi connectivity index (χ3v) is 5.67. The molecule has 2 aliphatic rings.